The average molecular weight is 292 g/mol. The molecule has 1 amide bonds. The first-order valence-electron chi connectivity index (χ1n) is 8.15. The van der Waals surface area contributed by atoms with Crippen molar-refractivity contribution in [3.8, 4) is 0 Å². The molecule has 2 aliphatic rings. The van der Waals surface area contributed by atoms with Crippen molar-refractivity contribution in [2.75, 3.05) is 0 Å². The molecule has 2 aromatic rings. The summed E-state index contributed by atoms with van der Waals surface area (Å²) in [4.78, 5) is 12.1. The Hall–Kier alpha value is -2.16. The van der Waals surface area contributed by atoms with E-state index in [4.69, 9.17) is 0 Å². The maximum atomic E-state index is 12.1. The van der Waals surface area contributed by atoms with Gasteiger partial charge in [0.05, 0.1) is 6.21 Å². The number of carbonyl (C=O) groups is 1. The van der Waals surface area contributed by atoms with Gasteiger partial charge < -0.3 is 0 Å². The number of rotatable bonds is 3. The summed E-state index contributed by atoms with van der Waals surface area (Å²) in [5.74, 6) is 1.58. The smallest absolute Gasteiger partial charge is 0.243 e. The molecule has 2 aromatic carbocycles. The molecule has 2 aliphatic carbocycles. The van der Waals surface area contributed by atoms with E-state index in [-0.39, 0.29) is 11.8 Å². The van der Waals surface area contributed by atoms with Gasteiger partial charge in [-0.3, -0.25) is 4.79 Å². The second-order valence-electron chi connectivity index (χ2n) is 6.48. The Morgan fingerprint density at radius 1 is 1.05 bits per heavy atom. The fourth-order valence-corrected chi connectivity index (χ4v) is 3.91. The molecule has 3 heteroatoms. The lowest BCUT2D eigenvalue weighted by Crippen LogP contribution is -2.20. The predicted molar refractivity (Wildman–Crippen MR) is 88.6 cm³/mol. The summed E-state index contributed by atoms with van der Waals surface area (Å²) in [5, 5.41) is 6.54. The van der Waals surface area contributed by atoms with Crippen molar-refractivity contribution in [2.45, 2.75) is 25.7 Å². The highest BCUT2D eigenvalue weighted by atomic mass is 16.2. The molecule has 0 heterocycles. The van der Waals surface area contributed by atoms with Crippen LogP contribution in [0.5, 0.6) is 0 Å². The standard InChI is InChI=1S/C19H20N2O/c22-19(18-16-7-3-4-8-17(16)18)21-20-12-13-9-10-14-5-1-2-6-15(14)11-13/h1-2,5-6,9-12,16-18H,3-4,7-8H2,(H,21,22)/b20-12-/t16-,17+,18?. The average Bonchev–Trinajstić information content (AvgIpc) is 3.29. The van der Waals surface area contributed by atoms with E-state index >= 15 is 0 Å². The number of hydrazone groups is 1. The number of nitrogens with one attached hydrogen (secondary N) is 1. The van der Waals surface area contributed by atoms with Gasteiger partial charge in [0.15, 0.2) is 0 Å². The van der Waals surface area contributed by atoms with Crippen LogP contribution >= 0.6 is 0 Å². The molecule has 4 rings (SSSR count). The lowest BCUT2D eigenvalue weighted by Gasteiger charge is -2.04. The van der Waals surface area contributed by atoms with Gasteiger partial charge in [-0.15, -0.1) is 0 Å². The first kappa shape index (κ1) is 13.5. The fraction of sp³-hybridized carbons (Fsp3) is 0.368. The number of amides is 1. The van der Waals surface area contributed by atoms with Crippen LogP contribution < -0.4 is 5.43 Å². The SMILES string of the molecule is O=C(N/N=C\c1ccc2ccccc2c1)C1[C@H]2CCCC[C@@H]12. The molecule has 0 saturated heterocycles. The normalized spacial score (nSPS) is 26.8. The minimum absolute atomic E-state index is 0.105. The van der Waals surface area contributed by atoms with Gasteiger partial charge in [-0.1, -0.05) is 49.2 Å². The number of hydrogen-bond donors (Lipinski definition) is 1. The van der Waals surface area contributed by atoms with Crippen LogP contribution in [-0.4, -0.2) is 12.1 Å². The third-order valence-electron chi connectivity index (χ3n) is 5.12. The summed E-state index contributed by atoms with van der Waals surface area (Å²) in [7, 11) is 0. The number of carbonyl (C=O) groups excluding carboxylic acids is 1. The predicted octanol–water partition coefficient (Wildman–Crippen LogP) is 3.73. The van der Waals surface area contributed by atoms with E-state index in [9.17, 15) is 4.79 Å². The van der Waals surface area contributed by atoms with Crippen LogP contribution in [0.3, 0.4) is 0 Å². The maximum Gasteiger partial charge on any atom is 0.243 e. The van der Waals surface area contributed by atoms with Crippen molar-refractivity contribution in [1.29, 1.82) is 0 Å². The van der Waals surface area contributed by atoms with Gasteiger partial charge in [0.25, 0.3) is 0 Å². The first-order valence-corrected chi connectivity index (χ1v) is 8.15. The van der Waals surface area contributed by atoms with Crippen LogP contribution in [0.15, 0.2) is 47.6 Å². The van der Waals surface area contributed by atoms with E-state index in [1.54, 1.807) is 6.21 Å². The molecule has 0 aromatic heterocycles. The number of benzene rings is 2. The zero-order chi connectivity index (χ0) is 14.9. The highest BCUT2D eigenvalue weighted by Gasteiger charge is 2.54. The van der Waals surface area contributed by atoms with Gasteiger partial charge in [-0.05, 0) is 47.1 Å². The highest BCUT2D eigenvalue weighted by Crippen LogP contribution is 2.55. The van der Waals surface area contributed by atoms with Crippen molar-refractivity contribution >= 4 is 22.9 Å². The van der Waals surface area contributed by atoms with Gasteiger partial charge in [0.2, 0.25) is 5.91 Å². The Morgan fingerprint density at radius 2 is 1.77 bits per heavy atom. The van der Waals surface area contributed by atoms with E-state index in [0.717, 1.165) is 5.56 Å². The van der Waals surface area contributed by atoms with Gasteiger partial charge in [0.1, 0.15) is 0 Å². The quantitative estimate of drug-likeness (QED) is 0.680. The lowest BCUT2D eigenvalue weighted by atomic mass is 10.0. The third kappa shape index (κ3) is 2.52. The summed E-state index contributed by atoms with van der Waals surface area (Å²) in [6.07, 6.45) is 6.74. The molecule has 1 N–H and O–H groups in total. The number of nitrogens with zero attached hydrogens (tertiary/aromatic N) is 1. The van der Waals surface area contributed by atoms with Crippen molar-refractivity contribution in [1.82, 2.24) is 5.43 Å². The topological polar surface area (TPSA) is 41.5 Å². The highest BCUT2D eigenvalue weighted by molar-refractivity contribution is 5.91. The first-order chi connectivity index (χ1) is 10.8. The van der Waals surface area contributed by atoms with Crippen LogP contribution in [0.2, 0.25) is 0 Å². The van der Waals surface area contributed by atoms with E-state index < -0.39 is 0 Å². The molecule has 3 nitrogen and oxygen atoms in total. The zero-order valence-electron chi connectivity index (χ0n) is 12.5. The van der Waals surface area contributed by atoms with E-state index in [1.807, 2.05) is 18.2 Å². The Bertz CT molecular complexity index is 725. The molecule has 2 saturated carbocycles. The number of fused-ring (bicyclic) bond motifs is 2. The van der Waals surface area contributed by atoms with Crippen LogP contribution in [0.1, 0.15) is 31.2 Å². The molecule has 3 atom stereocenters. The van der Waals surface area contributed by atoms with Crippen LogP contribution in [0.25, 0.3) is 10.8 Å². The second-order valence-corrected chi connectivity index (χ2v) is 6.48. The van der Waals surface area contributed by atoms with Crippen molar-refractivity contribution in [2.24, 2.45) is 22.9 Å². The molecule has 0 aliphatic heterocycles. The second kappa shape index (κ2) is 5.56. The lowest BCUT2D eigenvalue weighted by molar-refractivity contribution is -0.122. The van der Waals surface area contributed by atoms with Gasteiger partial charge in [-0.25, -0.2) is 5.43 Å². The Kier molecular flexibility index (Phi) is 3.41. The zero-order valence-corrected chi connectivity index (χ0v) is 12.5. The molecule has 2 fully saturated rings. The molecule has 0 radical (unpaired) electrons. The maximum absolute atomic E-state index is 12.1. The molecule has 112 valence electrons. The van der Waals surface area contributed by atoms with Crippen molar-refractivity contribution in [3.63, 3.8) is 0 Å². The van der Waals surface area contributed by atoms with Gasteiger partial charge in [0, 0.05) is 5.92 Å². The molecule has 0 bridgehead atoms. The summed E-state index contributed by atoms with van der Waals surface area (Å²) in [6.45, 7) is 0. The van der Waals surface area contributed by atoms with Crippen molar-refractivity contribution in [3.05, 3.63) is 48.0 Å². The summed E-state index contributed by atoms with van der Waals surface area (Å²) in [6, 6.07) is 14.4. The van der Waals surface area contributed by atoms with E-state index in [2.05, 4.69) is 34.8 Å². The molecule has 22 heavy (non-hydrogen) atoms. The Balaban J connectivity index is 1.40. The summed E-state index contributed by atoms with van der Waals surface area (Å²) < 4.78 is 0. The largest absolute Gasteiger partial charge is 0.273 e. The molecular formula is C19H20N2O. The van der Waals surface area contributed by atoms with Crippen LogP contribution in [0.4, 0.5) is 0 Å². The molecule has 0 spiro atoms. The van der Waals surface area contributed by atoms with Gasteiger partial charge in [-0.2, -0.15) is 5.10 Å². The monoisotopic (exact) mass is 292 g/mol. The fourth-order valence-electron chi connectivity index (χ4n) is 3.91. The minimum atomic E-state index is 0.105. The number of hydrogen-bond acceptors (Lipinski definition) is 2. The minimum Gasteiger partial charge on any atom is -0.273 e. The Morgan fingerprint density at radius 3 is 2.55 bits per heavy atom. The van der Waals surface area contributed by atoms with Crippen molar-refractivity contribution < 1.29 is 4.79 Å². The van der Waals surface area contributed by atoms with Crippen LogP contribution in [-0.2, 0) is 4.79 Å². The summed E-state index contributed by atoms with van der Waals surface area (Å²) in [5.41, 5.74) is 3.73. The third-order valence-corrected chi connectivity index (χ3v) is 5.12. The van der Waals surface area contributed by atoms with Gasteiger partial charge >= 0.3 is 0 Å². The molecule has 1 unspecified atom stereocenters. The molecular weight excluding hydrogens is 272 g/mol. The van der Waals surface area contributed by atoms with Crippen LogP contribution in [0, 0.1) is 17.8 Å². The van der Waals surface area contributed by atoms with E-state index in [1.165, 1.54) is 36.5 Å². The summed E-state index contributed by atoms with van der Waals surface area (Å²) >= 11 is 0. The van der Waals surface area contributed by atoms with E-state index in [0.29, 0.717) is 11.8 Å². The Labute approximate surface area is 130 Å².